The van der Waals surface area contributed by atoms with Crippen LogP contribution in [0.4, 0.5) is 8.78 Å². The SMILES string of the molecule is Cc1cc(C(F)F)nn1Cc1nc(-c2ccc(OCC(N)=O)cc2)no1. The van der Waals surface area contributed by atoms with Gasteiger partial charge < -0.3 is 15.0 Å². The minimum absolute atomic E-state index is 0.0887. The molecule has 0 aliphatic carbocycles. The number of amides is 1. The Balaban J connectivity index is 1.70. The molecular formula is C16H15F2N5O3. The van der Waals surface area contributed by atoms with E-state index in [9.17, 15) is 13.6 Å². The predicted octanol–water partition coefficient (Wildman–Crippen LogP) is 2.09. The highest BCUT2D eigenvalue weighted by Gasteiger charge is 2.16. The summed E-state index contributed by atoms with van der Waals surface area (Å²) in [6.07, 6.45) is -2.64. The molecule has 0 aliphatic heterocycles. The Hall–Kier alpha value is -3.30. The van der Waals surface area contributed by atoms with Gasteiger partial charge >= 0.3 is 0 Å². The van der Waals surface area contributed by atoms with E-state index in [0.717, 1.165) is 0 Å². The van der Waals surface area contributed by atoms with E-state index in [2.05, 4.69) is 15.2 Å². The molecule has 3 rings (SSSR count). The van der Waals surface area contributed by atoms with Crippen LogP contribution < -0.4 is 10.5 Å². The molecule has 1 aromatic carbocycles. The van der Waals surface area contributed by atoms with E-state index in [1.807, 2.05) is 0 Å². The minimum Gasteiger partial charge on any atom is -0.484 e. The third-order valence-corrected chi connectivity index (χ3v) is 3.47. The zero-order valence-electron chi connectivity index (χ0n) is 13.7. The predicted molar refractivity (Wildman–Crippen MR) is 85.4 cm³/mol. The molecule has 0 bridgehead atoms. The molecule has 0 fully saturated rings. The summed E-state index contributed by atoms with van der Waals surface area (Å²) < 4.78 is 37.1. The van der Waals surface area contributed by atoms with E-state index >= 15 is 0 Å². The molecule has 0 aliphatic rings. The van der Waals surface area contributed by atoms with Gasteiger partial charge in [0.2, 0.25) is 11.7 Å². The van der Waals surface area contributed by atoms with Gasteiger partial charge in [-0.05, 0) is 37.3 Å². The second-order valence-electron chi connectivity index (χ2n) is 5.46. The second kappa shape index (κ2) is 7.30. The lowest BCUT2D eigenvalue weighted by molar-refractivity contribution is -0.119. The number of aryl methyl sites for hydroxylation is 1. The fraction of sp³-hybridized carbons (Fsp3) is 0.250. The van der Waals surface area contributed by atoms with Crippen LogP contribution in [-0.4, -0.2) is 32.4 Å². The number of aromatic nitrogens is 4. The Bertz CT molecular complexity index is 905. The van der Waals surface area contributed by atoms with Crippen molar-refractivity contribution in [2.75, 3.05) is 6.61 Å². The van der Waals surface area contributed by atoms with Crippen molar-refractivity contribution in [2.24, 2.45) is 5.73 Å². The monoisotopic (exact) mass is 363 g/mol. The molecule has 2 N–H and O–H groups in total. The molecule has 26 heavy (non-hydrogen) atoms. The number of hydrogen-bond acceptors (Lipinski definition) is 6. The first-order valence-corrected chi connectivity index (χ1v) is 7.59. The number of hydrogen-bond donors (Lipinski definition) is 1. The lowest BCUT2D eigenvalue weighted by Gasteiger charge is -2.03. The third-order valence-electron chi connectivity index (χ3n) is 3.47. The van der Waals surface area contributed by atoms with E-state index in [-0.39, 0.29) is 24.7 Å². The molecule has 0 saturated heterocycles. The van der Waals surface area contributed by atoms with E-state index < -0.39 is 12.3 Å². The highest BCUT2D eigenvalue weighted by atomic mass is 19.3. The zero-order chi connectivity index (χ0) is 18.7. The molecule has 8 nitrogen and oxygen atoms in total. The number of alkyl halides is 2. The third kappa shape index (κ3) is 4.02. The first-order chi connectivity index (χ1) is 12.4. The van der Waals surface area contributed by atoms with Crippen molar-refractivity contribution in [3.8, 4) is 17.1 Å². The summed E-state index contributed by atoms with van der Waals surface area (Å²) >= 11 is 0. The maximum absolute atomic E-state index is 12.7. The largest absolute Gasteiger partial charge is 0.484 e. The fourth-order valence-corrected chi connectivity index (χ4v) is 2.22. The molecule has 136 valence electrons. The Morgan fingerprint density at radius 3 is 2.69 bits per heavy atom. The Morgan fingerprint density at radius 2 is 2.08 bits per heavy atom. The quantitative estimate of drug-likeness (QED) is 0.688. The summed E-state index contributed by atoms with van der Waals surface area (Å²) in [5, 5.41) is 7.69. The molecular weight excluding hydrogens is 348 g/mol. The Morgan fingerprint density at radius 1 is 1.35 bits per heavy atom. The van der Waals surface area contributed by atoms with Crippen molar-refractivity contribution >= 4 is 5.91 Å². The summed E-state index contributed by atoms with van der Waals surface area (Å²) in [7, 11) is 0. The number of carbonyl (C=O) groups excluding carboxylic acids is 1. The van der Waals surface area contributed by atoms with Crippen molar-refractivity contribution < 1.29 is 22.8 Å². The van der Waals surface area contributed by atoms with Gasteiger partial charge in [0.15, 0.2) is 6.61 Å². The first kappa shape index (κ1) is 17.5. The number of primary amides is 1. The average molecular weight is 363 g/mol. The van der Waals surface area contributed by atoms with E-state index in [4.69, 9.17) is 15.0 Å². The van der Waals surface area contributed by atoms with Crippen LogP contribution in [0.15, 0.2) is 34.9 Å². The minimum atomic E-state index is -2.64. The molecule has 0 radical (unpaired) electrons. The highest BCUT2D eigenvalue weighted by Crippen LogP contribution is 2.21. The lowest BCUT2D eigenvalue weighted by atomic mass is 10.2. The molecule has 2 heterocycles. The van der Waals surface area contributed by atoms with Crippen molar-refractivity contribution in [3.05, 3.63) is 47.6 Å². The number of benzene rings is 1. The molecule has 0 atom stereocenters. The van der Waals surface area contributed by atoms with Crippen LogP contribution in [0.3, 0.4) is 0 Å². The molecule has 1 amide bonds. The maximum Gasteiger partial charge on any atom is 0.282 e. The second-order valence-corrected chi connectivity index (χ2v) is 5.46. The molecule has 0 unspecified atom stereocenters. The van der Waals surface area contributed by atoms with Gasteiger partial charge in [0.25, 0.3) is 12.3 Å². The van der Waals surface area contributed by atoms with Crippen LogP contribution >= 0.6 is 0 Å². The number of rotatable bonds is 7. The summed E-state index contributed by atoms with van der Waals surface area (Å²) in [6, 6.07) is 7.98. The zero-order valence-corrected chi connectivity index (χ0v) is 13.7. The summed E-state index contributed by atoms with van der Waals surface area (Å²) in [5.41, 5.74) is 5.94. The van der Waals surface area contributed by atoms with Gasteiger partial charge in [0.1, 0.15) is 18.0 Å². The molecule has 10 heteroatoms. The molecule has 2 aromatic heterocycles. The van der Waals surface area contributed by atoms with E-state index in [1.54, 1.807) is 31.2 Å². The highest BCUT2D eigenvalue weighted by molar-refractivity contribution is 5.75. The standard InChI is InChI=1S/C16H15F2N5O3/c1-9-6-12(15(17)18)21-23(9)7-14-20-16(22-26-14)10-2-4-11(5-3-10)25-8-13(19)24/h2-6,15H,7-8H2,1H3,(H2,19,24). The van der Waals surface area contributed by atoms with Crippen molar-refractivity contribution in [2.45, 2.75) is 19.9 Å². The van der Waals surface area contributed by atoms with Crippen LogP contribution in [0.25, 0.3) is 11.4 Å². The topological polar surface area (TPSA) is 109 Å². The van der Waals surface area contributed by atoms with Gasteiger partial charge in [-0.15, -0.1) is 0 Å². The maximum atomic E-state index is 12.7. The molecule has 0 saturated carbocycles. The van der Waals surface area contributed by atoms with Gasteiger partial charge in [0.05, 0.1) is 0 Å². The number of nitrogens with two attached hydrogens (primary N) is 1. The lowest BCUT2D eigenvalue weighted by Crippen LogP contribution is -2.19. The smallest absolute Gasteiger partial charge is 0.282 e. The van der Waals surface area contributed by atoms with Crippen LogP contribution in [-0.2, 0) is 11.3 Å². The van der Waals surface area contributed by atoms with E-state index in [1.165, 1.54) is 10.7 Å². The van der Waals surface area contributed by atoms with Gasteiger partial charge in [-0.1, -0.05) is 5.16 Å². The molecule has 0 spiro atoms. The van der Waals surface area contributed by atoms with Crippen molar-refractivity contribution in [1.29, 1.82) is 0 Å². The normalized spacial score (nSPS) is 11.1. The van der Waals surface area contributed by atoms with Crippen LogP contribution in [0.1, 0.15) is 23.7 Å². The number of halogens is 2. The van der Waals surface area contributed by atoms with Crippen LogP contribution in [0.2, 0.25) is 0 Å². The van der Waals surface area contributed by atoms with E-state index in [0.29, 0.717) is 22.8 Å². The fourth-order valence-electron chi connectivity index (χ4n) is 2.22. The van der Waals surface area contributed by atoms with Crippen molar-refractivity contribution in [3.63, 3.8) is 0 Å². The average Bonchev–Trinajstić information content (AvgIpc) is 3.21. The molecule has 3 aromatic rings. The number of ether oxygens (including phenoxy) is 1. The number of carbonyl (C=O) groups is 1. The Labute approximate surface area is 146 Å². The van der Waals surface area contributed by atoms with Crippen molar-refractivity contribution in [1.82, 2.24) is 19.9 Å². The van der Waals surface area contributed by atoms with Crippen LogP contribution in [0.5, 0.6) is 5.75 Å². The van der Waals surface area contributed by atoms with Gasteiger partial charge in [-0.25, -0.2) is 8.78 Å². The van der Waals surface area contributed by atoms with Gasteiger partial charge in [0, 0.05) is 11.3 Å². The first-order valence-electron chi connectivity index (χ1n) is 7.59. The summed E-state index contributed by atoms with van der Waals surface area (Å²) in [6.45, 7) is 1.54. The summed E-state index contributed by atoms with van der Waals surface area (Å²) in [5.74, 6) is 0.477. The van der Waals surface area contributed by atoms with Gasteiger partial charge in [-0.2, -0.15) is 10.1 Å². The van der Waals surface area contributed by atoms with Crippen LogP contribution in [0, 0.1) is 6.92 Å². The Kier molecular flexibility index (Phi) is 4.92. The summed E-state index contributed by atoms with van der Waals surface area (Å²) in [4.78, 5) is 14.9. The van der Waals surface area contributed by atoms with Gasteiger partial charge in [-0.3, -0.25) is 9.48 Å². The number of nitrogens with zero attached hydrogens (tertiary/aromatic N) is 4.